The van der Waals surface area contributed by atoms with Crippen molar-refractivity contribution in [2.75, 3.05) is 4.90 Å². The first-order valence-corrected chi connectivity index (χ1v) is 20.4. The number of benzene rings is 3. The zero-order valence-corrected chi connectivity index (χ0v) is 34.5. The Balaban J connectivity index is 1.27. The minimum atomic E-state index is 0.197. The van der Waals surface area contributed by atoms with Gasteiger partial charge in [0.2, 0.25) is 0 Å². The van der Waals surface area contributed by atoms with E-state index in [2.05, 4.69) is 198 Å². The van der Waals surface area contributed by atoms with Crippen LogP contribution >= 0.6 is 0 Å². The van der Waals surface area contributed by atoms with Crippen molar-refractivity contribution in [3.63, 3.8) is 0 Å². The predicted octanol–water partition coefficient (Wildman–Crippen LogP) is 14.1. The topological polar surface area (TPSA) is 34.0 Å². The molecule has 4 nitrogen and oxygen atoms in total. The second-order valence-electron chi connectivity index (χ2n) is 15.7. The molecular formula is C52H56N4. The molecule has 56 heavy (non-hydrogen) atoms. The highest BCUT2D eigenvalue weighted by molar-refractivity contribution is 6.02. The minimum absolute atomic E-state index is 0.197. The third-order valence-electron chi connectivity index (χ3n) is 10.9. The van der Waals surface area contributed by atoms with E-state index in [1.165, 1.54) is 61.6 Å². The molecule has 0 spiro atoms. The number of nitrogens with zero attached hydrogens (tertiary/aromatic N) is 4. The van der Waals surface area contributed by atoms with Crippen molar-refractivity contribution in [1.29, 1.82) is 0 Å². The van der Waals surface area contributed by atoms with Crippen LogP contribution in [-0.4, -0.2) is 14.5 Å². The number of rotatable bonds is 12. The van der Waals surface area contributed by atoms with Gasteiger partial charge >= 0.3 is 0 Å². The summed E-state index contributed by atoms with van der Waals surface area (Å²) in [7, 11) is 0. The van der Waals surface area contributed by atoms with Crippen LogP contribution in [0.15, 0.2) is 139 Å². The summed E-state index contributed by atoms with van der Waals surface area (Å²) in [5, 5.41) is 1.28. The number of fused-ring (bicyclic) bond motifs is 7. The lowest BCUT2D eigenvalue weighted by Crippen LogP contribution is -2.27. The van der Waals surface area contributed by atoms with Crippen LogP contribution in [0.1, 0.15) is 107 Å². The van der Waals surface area contributed by atoms with Crippen LogP contribution in [0.4, 0.5) is 5.69 Å². The van der Waals surface area contributed by atoms with Crippen molar-refractivity contribution in [1.82, 2.24) is 14.5 Å². The number of aryl methyl sites for hydroxylation is 1. The Morgan fingerprint density at radius 1 is 0.875 bits per heavy atom. The van der Waals surface area contributed by atoms with Crippen LogP contribution in [-0.2, 0) is 6.42 Å². The van der Waals surface area contributed by atoms with Crippen molar-refractivity contribution in [3.05, 3.63) is 173 Å². The highest BCUT2D eigenvalue weighted by Gasteiger charge is 2.33. The van der Waals surface area contributed by atoms with Gasteiger partial charge in [0.1, 0.15) is 0 Å². The lowest BCUT2D eigenvalue weighted by molar-refractivity contribution is 0.577. The maximum atomic E-state index is 5.15. The molecule has 0 amide bonds. The largest absolute Gasteiger partial charge is 0.312 e. The number of anilines is 1. The molecule has 3 aromatic carbocycles. The average Bonchev–Trinajstić information content (AvgIpc) is 3.44. The Labute approximate surface area is 334 Å². The summed E-state index contributed by atoms with van der Waals surface area (Å²) >= 11 is 0. The van der Waals surface area contributed by atoms with Gasteiger partial charge in [-0.2, -0.15) is 0 Å². The number of aromatic nitrogens is 3. The summed E-state index contributed by atoms with van der Waals surface area (Å²) in [6.07, 6.45) is 24.4. The fourth-order valence-electron chi connectivity index (χ4n) is 7.95. The summed E-state index contributed by atoms with van der Waals surface area (Å²) in [6.45, 7) is 17.6. The number of allylic oxidation sites excluding steroid dienone is 12. The van der Waals surface area contributed by atoms with Gasteiger partial charge in [-0.15, -0.1) is 0 Å². The first kappa shape index (κ1) is 38.5. The van der Waals surface area contributed by atoms with Gasteiger partial charge in [0.25, 0.3) is 0 Å². The lowest BCUT2D eigenvalue weighted by atomic mass is 9.91. The fourth-order valence-corrected chi connectivity index (χ4v) is 7.95. The van der Waals surface area contributed by atoms with E-state index in [1.54, 1.807) is 0 Å². The number of para-hydroxylation sites is 2. The van der Waals surface area contributed by atoms with Crippen molar-refractivity contribution >= 4 is 39.6 Å². The van der Waals surface area contributed by atoms with Gasteiger partial charge in [0.05, 0.1) is 22.6 Å². The normalized spacial score (nSPS) is 16.1. The van der Waals surface area contributed by atoms with Crippen molar-refractivity contribution in [2.24, 2.45) is 5.92 Å². The molecule has 2 bridgehead atoms. The molecule has 2 aromatic heterocycles. The molecule has 2 aliphatic rings. The van der Waals surface area contributed by atoms with Gasteiger partial charge in [0.15, 0.2) is 5.82 Å². The molecule has 3 heterocycles. The van der Waals surface area contributed by atoms with Crippen LogP contribution in [0.2, 0.25) is 0 Å². The Morgan fingerprint density at radius 3 is 2.41 bits per heavy atom. The van der Waals surface area contributed by atoms with E-state index in [4.69, 9.17) is 9.97 Å². The summed E-state index contributed by atoms with van der Waals surface area (Å²) in [6, 6.07) is 28.6. The molecular weight excluding hydrogens is 681 g/mol. The van der Waals surface area contributed by atoms with Crippen LogP contribution in [0.25, 0.3) is 45.3 Å². The molecule has 7 rings (SSSR count). The van der Waals surface area contributed by atoms with Crippen molar-refractivity contribution in [2.45, 2.75) is 87.0 Å². The van der Waals surface area contributed by atoms with E-state index in [0.717, 1.165) is 54.0 Å². The van der Waals surface area contributed by atoms with E-state index in [9.17, 15) is 0 Å². The number of hydrogen-bond donors (Lipinski definition) is 0. The molecule has 0 saturated heterocycles. The first-order valence-electron chi connectivity index (χ1n) is 20.4. The van der Waals surface area contributed by atoms with Crippen molar-refractivity contribution in [3.8, 4) is 11.4 Å². The Kier molecular flexibility index (Phi) is 11.7. The fraction of sp³-hybridized carbons (Fsp3) is 0.269. The van der Waals surface area contributed by atoms with E-state index in [1.807, 2.05) is 0 Å². The molecule has 0 saturated carbocycles. The Bertz CT molecular complexity index is 2450. The van der Waals surface area contributed by atoms with Gasteiger partial charge in [0, 0.05) is 45.2 Å². The number of hydrogen-bond acceptors (Lipinski definition) is 3. The van der Waals surface area contributed by atoms with Gasteiger partial charge in [-0.1, -0.05) is 135 Å². The van der Waals surface area contributed by atoms with Crippen LogP contribution in [0, 0.1) is 12.8 Å². The third kappa shape index (κ3) is 7.97. The smallest absolute Gasteiger partial charge is 0.160 e. The lowest BCUT2D eigenvalue weighted by Gasteiger charge is -2.37. The maximum Gasteiger partial charge on any atom is 0.160 e. The Hall–Kier alpha value is -5.74. The molecule has 1 aliphatic heterocycles. The SMILES string of the molecule is CC/C=C\C=C(/C)n1c2c(c3ccccc31)C=CC1C=C2N(/C(=C/CC(C)Cc2cc(/C(C)=C/C=C(C)C)nc(-c3ccc(C)cc3)n2)CC)c2ccccc21. The van der Waals surface area contributed by atoms with E-state index >= 15 is 0 Å². The molecule has 4 heteroatoms. The van der Waals surface area contributed by atoms with Gasteiger partial charge in [-0.25, -0.2) is 9.97 Å². The third-order valence-corrected chi connectivity index (χ3v) is 10.9. The highest BCUT2D eigenvalue weighted by atomic mass is 15.2. The first-order chi connectivity index (χ1) is 27.2. The quantitative estimate of drug-likeness (QED) is 0.120. The zero-order chi connectivity index (χ0) is 39.3. The van der Waals surface area contributed by atoms with Gasteiger partial charge in [-0.05, 0) is 108 Å². The molecule has 0 fully saturated rings. The summed E-state index contributed by atoms with van der Waals surface area (Å²) in [5.74, 6) is 1.35. The average molecular weight is 737 g/mol. The van der Waals surface area contributed by atoms with Crippen LogP contribution in [0.3, 0.4) is 0 Å². The summed E-state index contributed by atoms with van der Waals surface area (Å²) in [4.78, 5) is 12.8. The van der Waals surface area contributed by atoms with Gasteiger partial charge in [-0.3, -0.25) is 0 Å². The summed E-state index contributed by atoms with van der Waals surface area (Å²) < 4.78 is 2.48. The zero-order valence-electron chi connectivity index (χ0n) is 34.5. The van der Waals surface area contributed by atoms with Crippen LogP contribution in [0.5, 0.6) is 0 Å². The van der Waals surface area contributed by atoms with E-state index in [0.29, 0.717) is 5.92 Å². The van der Waals surface area contributed by atoms with E-state index in [-0.39, 0.29) is 5.92 Å². The second-order valence-corrected chi connectivity index (χ2v) is 15.7. The van der Waals surface area contributed by atoms with Gasteiger partial charge < -0.3 is 9.47 Å². The molecule has 0 N–H and O–H groups in total. The van der Waals surface area contributed by atoms with Crippen LogP contribution < -0.4 is 4.90 Å². The highest BCUT2D eigenvalue weighted by Crippen LogP contribution is 2.48. The minimum Gasteiger partial charge on any atom is -0.312 e. The molecule has 2 unspecified atom stereocenters. The molecule has 284 valence electrons. The molecule has 2 atom stereocenters. The summed E-state index contributed by atoms with van der Waals surface area (Å²) in [5.41, 5.74) is 16.9. The monoisotopic (exact) mass is 736 g/mol. The predicted molar refractivity (Wildman–Crippen MR) is 241 cm³/mol. The second kappa shape index (κ2) is 17.0. The molecule has 0 radical (unpaired) electrons. The molecule has 1 aliphatic carbocycles. The standard InChI is InChI=1S/C52H56N4/c1-9-11-12-17-39(8)55-49-21-16-14-19-45(49)46-31-29-41-33-50(51(46)55)56(48-20-15-13-18-44(41)48)43(10-2)30-25-37(6)32-42-34-47(38(7)26-22-35(3)4)54-52(53-42)40-27-23-36(5)24-28-40/h11-24,26-31,33-34,37,41H,9-10,25,32H2,1-8H3/b12-11-,38-26+,39-17+,43-30+. The van der Waals surface area contributed by atoms with E-state index < -0.39 is 0 Å². The maximum absolute atomic E-state index is 5.15. The molecule has 5 aromatic rings. The van der Waals surface area contributed by atoms with Crippen molar-refractivity contribution < 1.29 is 0 Å². The Morgan fingerprint density at radius 2 is 1.64 bits per heavy atom.